The normalized spacial score (nSPS) is 17.9. The van der Waals surface area contributed by atoms with Crippen LogP contribution in [-0.4, -0.2) is 72.1 Å². The van der Waals surface area contributed by atoms with Crippen molar-refractivity contribution in [1.82, 2.24) is 14.9 Å². The average molecular weight is 515 g/mol. The molecule has 2 aliphatic heterocycles. The van der Waals surface area contributed by atoms with Crippen molar-refractivity contribution in [2.45, 2.75) is 32.2 Å². The highest BCUT2D eigenvalue weighted by Gasteiger charge is 2.23. The minimum absolute atomic E-state index is 0.0363. The molecule has 0 saturated carbocycles. The summed E-state index contributed by atoms with van der Waals surface area (Å²) in [4.78, 5) is 38.9. The lowest BCUT2D eigenvalue weighted by Crippen LogP contribution is -2.43. The minimum Gasteiger partial charge on any atom is -0.378 e. The van der Waals surface area contributed by atoms with E-state index in [2.05, 4.69) is 35.0 Å². The predicted molar refractivity (Wildman–Crippen MR) is 146 cm³/mol. The van der Waals surface area contributed by atoms with Gasteiger partial charge in [0, 0.05) is 50.4 Å². The number of nitrogens with two attached hydrogens (primary N) is 2. The molecule has 0 unspecified atom stereocenters. The van der Waals surface area contributed by atoms with E-state index in [1.807, 2.05) is 29.2 Å². The summed E-state index contributed by atoms with van der Waals surface area (Å²) in [7, 11) is 0. The van der Waals surface area contributed by atoms with E-state index in [0.717, 1.165) is 41.6 Å². The number of carbonyl (C=O) groups is 2. The molecule has 1 atom stereocenters. The van der Waals surface area contributed by atoms with Gasteiger partial charge in [-0.3, -0.25) is 9.59 Å². The number of morpholine rings is 1. The third-order valence-electron chi connectivity index (χ3n) is 7.23. The van der Waals surface area contributed by atoms with Crippen molar-refractivity contribution in [2.75, 3.05) is 44.3 Å². The van der Waals surface area contributed by atoms with E-state index < -0.39 is 5.91 Å². The molecule has 0 aliphatic carbocycles. The van der Waals surface area contributed by atoms with Gasteiger partial charge in [0.05, 0.1) is 24.5 Å². The Balaban J connectivity index is 1.55. The molecule has 0 spiro atoms. The third-order valence-corrected chi connectivity index (χ3v) is 7.23. The maximum atomic E-state index is 13.5. The van der Waals surface area contributed by atoms with Crippen LogP contribution in [0.5, 0.6) is 0 Å². The second-order valence-electron chi connectivity index (χ2n) is 10.1. The van der Waals surface area contributed by atoms with Crippen LogP contribution in [0.25, 0.3) is 11.1 Å². The van der Waals surface area contributed by atoms with E-state index in [-0.39, 0.29) is 17.5 Å². The Bertz CT molecular complexity index is 1340. The average Bonchev–Trinajstić information content (AvgIpc) is 2.93. The molecule has 9 heteroatoms. The van der Waals surface area contributed by atoms with Gasteiger partial charge in [0.1, 0.15) is 0 Å². The van der Waals surface area contributed by atoms with Gasteiger partial charge in [-0.25, -0.2) is 9.97 Å². The standard InChI is InChI=1S/C29H34N6O3/c1-19-5-2-3-7-24(19)21-13-20(14-22(16-21)28(37)34-9-11-38-12-10-34)15-26-25(27(31)36)17-32-29(33-26)35-8-4-6-23(30)18-35/h2-3,5,7,13-14,16-17,23H,4,6,8-12,15,18,30H2,1H3,(H2,31,36)/t23-/m0/s1. The summed E-state index contributed by atoms with van der Waals surface area (Å²) in [6.07, 6.45) is 3.76. The number of hydrogen-bond donors (Lipinski definition) is 2. The number of rotatable bonds is 6. The van der Waals surface area contributed by atoms with Crippen molar-refractivity contribution < 1.29 is 14.3 Å². The molecular weight excluding hydrogens is 480 g/mol. The summed E-state index contributed by atoms with van der Waals surface area (Å²) in [6.45, 7) is 5.70. The van der Waals surface area contributed by atoms with Crippen LogP contribution < -0.4 is 16.4 Å². The van der Waals surface area contributed by atoms with Gasteiger partial charge in [0.15, 0.2) is 0 Å². The smallest absolute Gasteiger partial charge is 0.254 e. The molecule has 2 fully saturated rings. The molecule has 9 nitrogen and oxygen atoms in total. The van der Waals surface area contributed by atoms with Crippen molar-refractivity contribution in [3.05, 3.63) is 76.6 Å². The van der Waals surface area contributed by atoms with E-state index >= 15 is 0 Å². The van der Waals surface area contributed by atoms with Crippen LogP contribution in [-0.2, 0) is 11.2 Å². The lowest BCUT2D eigenvalue weighted by molar-refractivity contribution is 0.0303. The lowest BCUT2D eigenvalue weighted by Gasteiger charge is -2.31. The fraction of sp³-hybridized carbons (Fsp3) is 0.379. The van der Waals surface area contributed by atoms with Gasteiger partial charge >= 0.3 is 0 Å². The summed E-state index contributed by atoms with van der Waals surface area (Å²) < 4.78 is 5.44. The largest absolute Gasteiger partial charge is 0.378 e. The Morgan fingerprint density at radius 2 is 1.89 bits per heavy atom. The van der Waals surface area contributed by atoms with Crippen molar-refractivity contribution >= 4 is 17.8 Å². The van der Waals surface area contributed by atoms with Crippen molar-refractivity contribution in [3.8, 4) is 11.1 Å². The predicted octanol–water partition coefficient (Wildman–Crippen LogP) is 2.54. The number of primary amides is 1. The fourth-order valence-electron chi connectivity index (χ4n) is 5.20. The van der Waals surface area contributed by atoms with Crippen LogP contribution in [0.4, 0.5) is 5.95 Å². The number of aromatic nitrogens is 2. The Labute approximate surface area is 222 Å². The second kappa shape index (κ2) is 11.3. The van der Waals surface area contributed by atoms with E-state index in [9.17, 15) is 9.59 Å². The van der Waals surface area contributed by atoms with E-state index in [1.165, 1.54) is 6.20 Å². The van der Waals surface area contributed by atoms with Crippen LogP contribution >= 0.6 is 0 Å². The number of amides is 2. The number of ether oxygens (including phenoxy) is 1. The first-order chi connectivity index (χ1) is 18.4. The number of benzene rings is 2. The van der Waals surface area contributed by atoms with Gasteiger partial charge in [0.25, 0.3) is 11.8 Å². The van der Waals surface area contributed by atoms with Crippen LogP contribution in [0, 0.1) is 6.92 Å². The zero-order chi connectivity index (χ0) is 26.6. The number of aryl methyl sites for hydroxylation is 1. The number of nitrogens with zero attached hydrogens (tertiary/aromatic N) is 4. The quantitative estimate of drug-likeness (QED) is 0.517. The number of carbonyl (C=O) groups excluding carboxylic acids is 2. The highest BCUT2D eigenvalue weighted by molar-refractivity contribution is 5.96. The molecule has 2 aliphatic rings. The van der Waals surface area contributed by atoms with Gasteiger partial charge < -0.3 is 26.0 Å². The first-order valence-corrected chi connectivity index (χ1v) is 13.1. The van der Waals surface area contributed by atoms with Crippen molar-refractivity contribution in [3.63, 3.8) is 0 Å². The molecule has 38 heavy (non-hydrogen) atoms. The second-order valence-corrected chi connectivity index (χ2v) is 10.1. The first-order valence-electron chi connectivity index (χ1n) is 13.1. The van der Waals surface area contributed by atoms with Gasteiger partial charge in [0.2, 0.25) is 5.95 Å². The van der Waals surface area contributed by atoms with Gasteiger partial charge in [-0.15, -0.1) is 0 Å². The van der Waals surface area contributed by atoms with Crippen LogP contribution in [0.3, 0.4) is 0 Å². The van der Waals surface area contributed by atoms with Crippen molar-refractivity contribution in [2.24, 2.45) is 11.5 Å². The molecule has 3 heterocycles. The third kappa shape index (κ3) is 5.69. The zero-order valence-electron chi connectivity index (χ0n) is 21.7. The Kier molecular flexibility index (Phi) is 7.67. The van der Waals surface area contributed by atoms with E-state index in [0.29, 0.717) is 56.5 Å². The molecule has 0 radical (unpaired) electrons. The topological polar surface area (TPSA) is 128 Å². The zero-order valence-corrected chi connectivity index (χ0v) is 21.7. The van der Waals surface area contributed by atoms with Crippen LogP contribution in [0.2, 0.25) is 0 Å². The van der Waals surface area contributed by atoms with E-state index in [1.54, 1.807) is 0 Å². The van der Waals surface area contributed by atoms with Gasteiger partial charge in [-0.05, 0) is 54.2 Å². The molecule has 2 saturated heterocycles. The maximum absolute atomic E-state index is 13.5. The lowest BCUT2D eigenvalue weighted by atomic mass is 9.94. The maximum Gasteiger partial charge on any atom is 0.254 e. The van der Waals surface area contributed by atoms with Crippen LogP contribution in [0.15, 0.2) is 48.7 Å². The first kappa shape index (κ1) is 25.8. The monoisotopic (exact) mass is 514 g/mol. The SMILES string of the molecule is Cc1ccccc1-c1cc(Cc2nc(N3CCC[C@H](N)C3)ncc2C(N)=O)cc(C(=O)N2CCOCC2)c1. The summed E-state index contributed by atoms with van der Waals surface area (Å²) in [5.41, 5.74) is 17.3. The molecule has 2 aromatic carbocycles. The van der Waals surface area contributed by atoms with Gasteiger partial charge in [-0.2, -0.15) is 0 Å². The number of anilines is 1. The van der Waals surface area contributed by atoms with Crippen LogP contribution in [0.1, 0.15) is 50.4 Å². The molecule has 5 rings (SSSR count). The van der Waals surface area contributed by atoms with Crippen molar-refractivity contribution in [1.29, 1.82) is 0 Å². The summed E-state index contributed by atoms with van der Waals surface area (Å²) in [6, 6.07) is 14.0. The molecule has 198 valence electrons. The Morgan fingerprint density at radius 3 is 2.63 bits per heavy atom. The molecule has 2 amide bonds. The molecule has 0 bridgehead atoms. The number of hydrogen-bond acceptors (Lipinski definition) is 7. The summed E-state index contributed by atoms with van der Waals surface area (Å²) in [5, 5.41) is 0. The molecule has 3 aromatic rings. The molecule has 4 N–H and O–H groups in total. The number of piperidine rings is 1. The fourth-order valence-corrected chi connectivity index (χ4v) is 5.20. The highest BCUT2D eigenvalue weighted by Crippen LogP contribution is 2.28. The summed E-state index contributed by atoms with van der Waals surface area (Å²) in [5.74, 6) is -0.0767. The van der Waals surface area contributed by atoms with E-state index in [4.69, 9.17) is 21.2 Å². The van der Waals surface area contributed by atoms with Gasteiger partial charge in [-0.1, -0.05) is 30.3 Å². The molecule has 1 aromatic heterocycles. The Morgan fingerprint density at radius 1 is 1.11 bits per heavy atom. The summed E-state index contributed by atoms with van der Waals surface area (Å²) >= 11 is 0. The Hall–Kier alpha value is -3.82. The highest BCUT2D eigenvalue weighted by atomic mass is 16.5. The minimum atomic E-state index is -0.582. The molecular formula is C29H34N6O3.